The number of nitrogens with one attached hydrogen (secondary N) is 1. The van der Waals surface area contributed by atoms with Gasteiger partial charge in [0.05, 0.1) is 17.3 Å². The largest absolute Gasteiger partial charge is 0.334 e. The molecule has 2 heterocycles. The fourth-order valence-corrected chi connectivity index (χ4v) is 3.89. The molecule has 0 radical (unpaired) electrons. The monoisotopic (exact) mass is 444 g/mol. The summed E-state index contributed by atoms with van der Waals surface area (Å²) < 4.78 is 32.7. The molecule has 0 aliphatic carbocycles. The minimum atomic E-state index is -0.559. The number of amides is 2. The van der Waals surface area contributed by atoms with Crippen LogP contribution < -0.4 is 10.2 Å². The third-order valence-electron chi connectivity index (χ3n) is 5.44. The van der Waals surface area contributed by atoms with Crippen LogP contribution >= 0.6 is 0 Å². The van der Waals surface area contributed by atoms with Gasteiger partial charge in [0, 0.05) is 11.3 Å². The maximum absolute atomic E-state index is 13.7. The van der Waals surface area contributed by atoms with Gasteiger partial charge in [-0.3, -0.25) is 4.90 Å². The number of allylic oxidation sites excluding steroid dienone is 1. The van der Waals surface area contributed by atoms with E-state index >= 15 is 0 Å². The molecule has 6 nitrogen and oxygen atoms in total. The highest BCUT2D eigenvalue weighted by Gasteiger charge is 2.36. The Labute approximate surface area is 188 Å². The first-order valence-corrected chi connectivity index (χ1v) is 10.2. The molecular weight excluding hydrogens is 426 g/mol. The smallest absolute Gasteiger partial charge is 0.326 e. The zero-order chi connectivity index (χ0) is 22.9. The standard InChI is InChI=1S/C25H18F2N4O2/c1-15-21(24-29-23(30-33-24)17-8-5-9-19(27)14-17)22(16-6-3-2-4-7-16)28-25(32)31(15)20-12-10-18(26)11-13-20/h2-14,22H,1H3,(H,28,32). The first-order valence-electron chi connectivity index (χ1n) is 10.2. The van der Waals surface area contributed by atoms with E-state index in [1.165, 1.54) is 41.3 Å². The second-order valence-corrected chi connectivity index (χ2v) is 7.54. The van der Waals surface area contributed by atoms with Crippen molar-refractivity contribution in [3.8, 4) is 11.4 Å². The average Bonchev–Trinajstić information content (AvgIpc) is 3.30. The zero-order valence-electron chi connectivity index (χ0n) is 17.5. The lowest BCUT2D eigenvalue weighted by Gasteiger charge is -2.35. The minimum absolute atomic E-state index is 0.188. The summed E-state index contributed by atoms with van der Waals surface area (Å²) in [5.41, 5.74) is 2.91. The molecule has 2 amide bonds. The summed E-state index contributed by atoms with van der Waals surface area (Å²) in [5, 5.41) is 7.01. The summed E-state index contributed by atoms with van der Waals surface area (Å²) in [6.45, 7) is 1.76. The van der Waals surface area contributed by atoms with Crippen molar-refractivity contribution in [2.45, 2.75) is 13.0 Å². The Bertz CT molecular complexity index is 1350. The van der Waals surface area contributed by atoms with Gasteiger partial charge in [0.2, 0.25) is 5.82 Å². The van der Waals surface area contributed by atoms with Gasteiger partial charge in [0.15, 0.2) is 0 Å². The van der Waals surface area contributed by atoms with Crippen LogP contribution in [0.4, 0.5) is 19.3 Å². The molecule has 4 aromatic rings. The molecule has 5 rings (SSSR count). The number of carbonyl (C=O) groups excluding carboxylic acids is 1. The Balaban J connectivity index is 1.65. The van der Waals surface area contributed by atoms with Gasteiger partial charge in [-0.05, 0) is 48.9 Å². The Morgan fingerprint density at radius 2 is 1.70 bits per heavy atom. The molecule has 1 atom stereocenters. The molecule has 1 aliphatic heterocycles. The molecule has 0 saturated heterocycles. The van der Waals surface area contributed by atoms with Gasteiger partial charge in [-0.15, -0.1) is 0 Å². The molecular formula is C25H18F2N4O2. The Kier molecular flexibility index (Phi) is 5.18. The van der Waals surface area contributed by atoms with Crippen molar-refractivity contribution in [3.63, 3.8) is 0 Å². The fourth-order valence-electron chi connectivity index (χ4n) is 3.89. The zero-order valence-corrected chi connectivity index (χ0v) is 17.5. The Morgan fingerprint density at radius 1 is 0.939 bits per heavy atom. The van der Waals surface area contributed by atoms with E-state index in [0.29, 0.717) is 22.5 Å². The number of halogens is 2. The fraction of sp³-hybridized carbons (Fsp3) is 0.0800. The summed E-state index contributed by atoms with van der Waals surface area (Å²) in [6.07, 6.45) is 0. The normalized spacial score (nSPS) is 16.2. The van der Waals surface area contributed by atoms with Gasteiger partial charge in [-0.1, -0.05) is 47.6 Å². The van der Waals surface area contributed by atoms with Gasteiger partial charge in [0.1, 0.15) is 11.6 Å². The van der Waals surface area contributed by atoms with Crippen LogP contribution in [0.1, 0.15) is 24.4 Å². The summed E-state index contributed by atoms with van der Waals surface area (Å²) >= 11 is 0. The molecule has 0 spiro atoms. The predicted octanol–water partition coefficient (Wildman–Crippen LogP) is 5.72. The van der Waals surface area contributed by atoms with Crippen LogP contribution in [-0.4, -0.2) is 16.2 Å². The molecule has 1 unspecified atom stereocenters. The molecule has 0 saturated carbocycles. The van der Waals surface area contributed by atoms with Gasteiger partial charge < -0.3 is 9.84 Å². The first-order chi connectivity index (χ1) is 16.0. The lowest BCUT2D eigenvalue weighted by atomic mass is 9.94. The van der Waals surface area contributed by atoms with Crippen molar-refractivity contribution in [1.29, 1.82) is 0 Å². The predicted molar refractivity (Wildman–Crippen MR) is 119 cm³/mol. The number of anilines is 1. The second-order valence-electron chi connectivity index (χ2n) is 7.54. The van der Waals surface area contributed by atoms with Gasteiger partial charge in [-0.25, -0.2) is 13.6 Å². The van der Waals surface area contributed by atoms with E-state index in [1.807, 2.05) is 30.3 Å². The summed E-state index contributed by atoms with van der Waals surface area (Å²) in [4.78, 5) is 19.0. The lowest BCUT2D eigenvalue weighted by Crippen LogP contribution is -2.46. The summed E-state index contributed by atoms with van der Waals surface area (Å²) in [5.74, 6) is -0.407. The number of urea groups is 1. The van der Waals surface area contributed by atoms with Crippen molar-refractivity contribution < 1.29 is 18.1 Å². The number of hydrogen-bond donors (Lipinski definition) is 1. The number of hydrogen-bond acceptors (Lipinski definition) is 4. The van der Waals surface area contributed by atoms with E-state index in [9.17, 15) is 13.6 Å². The average molecular weight is 444 g/mol. The Hall–Kier alpha value is -4.33. The molecule has 164 valence electrons. The lowest BCUT2D eigenvalue weighted by molar-refractivity contribution is 0.244. The number of nitrogens with zero attached hydrogens (tertiary/aromatic N) is 3. The number of rotatable bonds is 4. The van der Waals surface area contributed by atoms with Crippen LogP contribution in [0.5, 0.6) is 0 Å². The highest BCUT2D eigenvalue weighted by atomic mass is 19.1. The third-order valence-corrected chi connectivity index (χ3v) is 5.44. The molecule has 33 heavy (non-hydrogen) atoms. The van der Waals surface area contributed by atoms with Gasteiger partial charge in [-0.2, -0.15) is 4.98 Å². The molecule has 3 aromatic carbocycles. The summed E-state index contributed by atoms with van der Waals surface area (Å²) in [7, 11) is 0. The van der Waals surface area contributed by atoms with Crippen LogP contribution in [0.3, 0.4) is 0 Å². The number of carbonyl (C=O) groups is 1. The van der Waals surface area contributed by atoms with E-state index in [4.69, 9.17) is 4.52 Å². The number of benzene rings is 3. The first kappa shape index (κ1) is 20.6. The highest BCUT2D eigenvalue weighted by molar-refractivity contribution is 6.01. The molecule has 1 N–H and O–H groups in total. The maximum Gasteiger partial charge on any atom is 0.326 e. The van der Waals surface area contributed by atoms with Crippen molar-refractivity contribution in [2.75, 3.05) is 4.90 Å². The quantitative estimate of drug-likeness (QED) is 0.437. The van der Waals surface area contributed by atoms with E-state index < -0.39 is 17.7 Å². The van der Waals surface area contributed by atoms with E-state index in [-0.39, 0.29) is 17.7 Å². The number of aromatic nitrogens is 2. The third kappa shape index (κ3) is 3.87. The van der Waals surface area contributed by atoms with Crippen LogP contribution in [-0.2, 0) is 0 Å². The molecule has 0 fully saturated rings. The summed E-state index contributed by atoms with van der Waals surface area (Å²) in [6, 6.07) is 20.0. The van der Waals surface area contributed by atoms with Crippen LogP contribution in [0, 0.1) is 11.6 Å². The molecule has 1 aliphatic rings. The second kappa shape index (κ2) is 8.31. The maximum atomic E-state index is 13.7. The minimum Gasteiger partial charge on any atom is -0.334 e. The van der Waals surface area contributed by atoms with Crippen molar-refractivity contribution in [2.24, 2.45) is 0 Å². The van der Waals surface area contributed by atoms with Crippen molar-refractivity contribution in [1.82, 2.24) is 15.5 Å². The Morgan fingerprint density at radius 3 is 2.42 bits per heavy atom. The van der Waals surface area contributed by atoms with Crippen LogP contribution in [0.15, 0.2) is 89.1 Å². The van der Waals surface area contributed by atoms with E-state index in [0.717, 1.165) is 5.56 Å². The van der Waals surface area contributed by atoms with Gasteiger partial charge >= 0.3 is 6.03 Å². The van der Waals surface area contributed by atoms with E-state index in [1.54, 1.807) is 19.1 Å². The molecule has 8 heteroatoms. The van der Waals surface area contributed by atoms with Crippen LogP contribution in [0.25, 0.3) is 17.0 Å². The van der Waals surface area contributed by atoms with Crippen molar-refractivity contribution in [3.05, 3.63) is 108 Å². The SMILES string of the molecule is CC1=C(c2nc(-c3cccc(F)c3)no2)C(c2ccccc2)NC(=O)N1c1ccc(F)cc1. The molecule has 0 bridgehead atoms. The molecule has 1 aromatic heterocycles. The van der Waals surface area contributed by atoms with Crippen molar-refractivity contribution >= 4 is 17.3 Å². The van der Waals surface area contributed by atoms with E-state index in [2.05, 4.69) is 15.5 Å². The highest BCUT2D eigenvalue weighted by Crippen LogP contribution is 2.39. The topological polar surface area (TPSA) is 71.3 Å². The van der Waals surface area contributed by atoms with Crippen LogP contribution in [0.2, 0.25) is 0 Å². The van der Waals surface area contributed by atoms with Gasteiger partial charge in [0.25, 0.3) is 5.89 Å².